The quantitative estimate of drug-likeness (QED) is 0.672. The summed E-state index contributed by atoms with van der Waals surface area (Å²) in [5, 5.41) is 8.25. The summed E-state index contributed by atoms with van der Waals surface area (Å²) in [5.41, 5.74) is 2.63. The fourth-order valence-electron chi connectivity index (χ4n) is 3.30. The van der Waals surface area contributed by atoms with Crippen molar-refractivity contribution in [2.75, 3.05) is 20.2 Å². The predicted octanol–water partition coefficient (Wildman–Crippen LogP) is 2.37. The van der Waals surface area contributed by atoms with Crippen LogP contribution in [0.2, 0.25) is 5.02 Å². The molecule has 2 aliphatic rings. The first kappa shape index (κ1) is 12.0. The summed E-state index contributed by atoms with van der Waals surface area (Å²) in [6.45, 7) is 4.08. The molecule has 0 spiro atoms. The number of benzene rings is 1. The van der Waals surface area contributed by atoms with Gasteiger partial charge in [0, 0.05) is 29.1 Å². The van der Waals surface area contributed by atoms with Gasteiger partial charge in [-0.2, -0.15) is 0 Å². The molecule has 1 saturated heterocycles. The molecular formula is C14H17ClN2O. The number of nitrogens with zero attached hydrogens (tertiary/aromatic N) is 1. The Labute approximate surface area is 112 Å². The van der Waals surface area contributed by atoms with Crippen molar-refractivity contribution in [2.45, 2.75) is 12.3 Å². The van der Waals surface area contributed by atoms with E-state index in [1.807, 2.05) is 13.1 Å². The molecule has 1 aromatic carbocycles. The molecule has 1 aliphatic carbocycles. The Morgan fingerprint density at radius 2 is 2.39 bits per heavy atom. The fourth-order valence-corrected chi connectivity index (χ4v) is 3.48. The molecule has 3 nitrogen and oxygen atoms in total. The summed E-state index contributed by atoms with van der Waals surface area (Å²) in [6.07, 6.45) is 1.94. The minimum atomic E-state index is 0.180. The molecule has 3 unspecified atom stereocenters. The lowest BCUT2D eigenvalue weighted by molar-refractivity contribution is 0.214. The third-order valence-electron chi connectivity index (χ3n) is 4.40. The smallest absolute Gasteiger partial charge is 0.106 e. The van der Waals surface area contributed by atoms with Crippen LogP contribution in [-0.4, -0.2) is 26.4 Å². The van der Waals surface area contributed by atoms with Gasteiger partial charge in [0.25, 0.3) is 0 Å². The molecular weight excluding hydrogens is 248 g/mol. The summed E-state index contributed by atoms with van der Waals surface area (Å²) in [6, 6.07) is 6.41. The van der Waals surface area contributed by atoms with Gasteiger partial charge in [0.2, 0.25) is 0 Å². The number of aryl methyl sites for hydroxylation is 1. The SMILES string of the molecule is CON=CC1C2CNCC12c1ccc(C)c(Cl)c1. The molecule has 1 saturated carbocycles. The topological polar surface area (TPSA) is 33.6 Å². The Morgan fingerprint density at radius 1 is 1.56 bits per heavy atom. The van der Waals surface area contributed by atoms with E-state index in [1.165, 1.54) is 5.56 Å². The molecule has 1 N–H and O–H groups in total. The van der Waals surface area contributed by atoms with E-state index in [9.17, 15) is 0 Å². The zero-order valence-electron chi connectivity index (χ0n) is 10.6. The van der Waals surface area contributed by atoms with Crippen molar-refractivity contribution < 1.29 is 4.84 Å². The fraction of sp³-hybridized carbons (Fsp3) is 0.500. The lowest BCUT2D eigenvalue weighted by Crippen LogP contribution is -2.24. The second-order valence-electron chi connectivity index (χ2n) is 5.20. The maximum absolute atomic E-state index is 6.25. The number of fused-ring (bicyclic) bond motifs is 1. The third kappa shape index (κ3) is 1.57. The van der Waals surface area contributed by atoms with Gasteiger partial charge in [-0.25, -0.2) is 0 Å². The van der Waals surface area contributed by atoms with E-state index in [0.29, 0.717) is 11.8 Å². The van der Waals surface area contributed by atoms with Gasteiger partial charge in [0.1, 0.15) is 7.11 Å². The van der Waals surface area contributed by atoms with Gasteiger partial charge in [-0.1, -0.05) is 28.9 Å². The number of halogens is 1. The summed E-state index contributed by atoms with van der Waals surface area (Å²) >= 11 is 6.25. The van der Waals surface area contributed by atoms with Gasteiger partial charge in [-0.05, 0) is 36.6 Å². The van der Waals surface area contributed by atoms with Gasteiger partial charge in [-0.15, -0.1) is 0 Å². The third-order valence-corrected chi connectivity index (χ3v) is 4.81. The van der Waals surface area contributed by atoms with Crippen molar-refractivity contribution in [3.8, 4) is 0 Å². The molecule has 0 bridgehead atoms. The van der Waals surface area contributed by atoms with Gasteiger partial charge < -0.3 is 10.2 Å². The molecule has 1 heterocycles. The van der Waals surface area contributed by atoms with Crippen molar-refractivity contribution in [1.82, 2.24) is 5.32 Å². The maximum atomic E-state index is 6.25. The molecule has 18 heavy (non-hydrogen) atoms. The van der Waals surface area contributed by atoms with Crippen molar-refractivity contribution >= 4 is 17.8 Å². The first-order chi connectivity index (χ1) is 8.70. The minimum absolute atomic E-state index is 0.180. The Bertz CT molecular complexity index is 503. The second kappa shape index (κ2) is 4.25. The Hall–Kier alpha value is -1.06. The highest BCUT2D eigenvalue weighted by Crippen LogP contribution is 2.61. The maximum Gasteiger partial charge on any atom is 0.106 e. The first-order valence-corrected chi connectivity index (χ1v) is 6.62. The van der Waals surface area contributed by atoms with Crippen molar-refractivity contribution in [2.24, 2.45) is 17.0 Å². The molecule has 1 aliphatic heterocycles. The van der Waals surface area contributed by atoms with Crippen LogP contribution in [0.1, 0.15) is 11.1 Å². The number of rotatable bonds is 3. The number of hydrogen-bond donors (Lipinski definition) is 1. The van der Waals surface area contributed by atoms with E-state index in [-0.39, 0.29) is 5.41 Å². The van der Waals surface area contributed by atoms with Gasteiger partial charge in [0.15, 0.2) is 0 Å². The van der Waals surface area contributed by atoms with Gasteiger partial charge >= 0.3 is 0 Å². The monoisotopic (exact) mass is 264 g/mol. The van der Waals surface area contributed by atoms with E-state index < -0.39 is 0 Å². The van der Waals surface area contributed by atoms with Crippen LogP contribution in [0.15, 0.2) is 23.4 Å². The second-order valence-corrected chi connectivity index (χ2v) is 5.61. The normalized spacial score (nSPS) is 33.7. The molecule has 3 atom stereocenters. The highest BCUT2D eigenvalue weighted by atomic mass is 35.5. The summed E-state index contributed by atoms with van der Waals surface area (Å²) in [7, 11) is 1.59. The zero-order chi connectivity index (χ0) is 12.8. The van der Waals surface area contributed by atoms with E-state index in [4.69, 9.17) is 16.4 Å². The number of piperidine rings is 1. The van der Waals surface area contributed by atoms with Crippen molar-refractivity contribution in [1.29, 1.82) is 0 Å². The Morgan fingerprint density at radius 3 is 3.11 bits per heavy atom. The highest BCUT2D eigenvalue weighted by molar-refractivity contribution is 6.31. The lowest BCUT2D eigenvalue weighted by atomic mass is 9.92. The van der Waals surface area contributed by atoms with Gasteiger partial charge in [-0.3, -0.25) is 0 Å². The van der Waals surface area contributed by atoms with Crippen molar-refractivity contribution in [3.63, 3.8) is 0 Å². The zero-order valence-corrected chi connectivity index (χ0v) is 11.4. The number of oxime groups is 1. The Balaban J connectivity index is 1.94. The highest BCUT2D eigenvalue weighted by Gasteiger charge is 2.67. The summed E-state index contributed by atoms with van der Waals surface area (Å²) < 4.78 is 0. The molecule has 4 heteroatoms. The summed E-state index contributed by atoms with van der Waals surface area (Å²) in [5.74, 6) is 1.09. The summed E-state index contributed by atoms with van der Waals surface area (Å²) in [4.78, 5) is 4.80. The molecule has 0 aromatic heterocycles. The van der Waals surface area contributed by atoms with Crippen LogP contribution in [0.3, 0.4) is 0 Å². The number of nitrogens with one attached hydrogen (secondary N) is 1. The number of hydrogen-bond acceptors (Lipinski definition) is 3. The molecule has 0 amide bonds. The Kier molecular flexibility index (Phi) is 2.83. The largest absolute Gasteiger partial charge is 0.399 e. The van der Waals surface area contributed by atoms with Crippen LogP contribution in [0, 0.1) is 18.8 Å². The molecule has 0 radical (unpaired) electrons. The lowest BCUT2D eigenvalue weighted by Gasteiger charge is -2.15. The van der Waals surface area contributed by atoms with Crippen LogP contribution < -0.4 is 5.32 Å². The van der Waals surface area contributed by atoms with Crippen LogP contribution in [-0.2, 0) is 10.3 Å². The van der Waals surface area contributed by atoms with Gasteiger partial charge in [0.05, 0.1) is 0 Å². The van der Waals surface area contributed by atoms with Crippen LogP contribution >= 0.6 is 11.6 Å². The van der Waals surface area contributed by atoms with Crippen LogP contribution in [0.25, 0.3) is 0 Å². The molecule has 3 rings (SSSR count). The first-order valence-electron chi connectivity index (χ1n) is 6.24. The van der Waals surface area contributed by atoms with Crippen LogP contribution in [0.5, 0.6) is 0 Å². The average molecular weight is 265 g/mol. The van der Waals surface area contributed by atoms with Crippen molar-refractivity contribution in [3.05, 3.63) is 34.3 Å². The van der Waals surface area contributed by atoms with Crippen LogP contribution in [0.4, 0.5) is 0 Å². The average Bonchev–Trinajstić information content (AvgIpc) is 2.77. The molecule has 1 aromatic rings. The standard InChI is InChI=1S/C14H17ClN2O/c1-9-3-4-10(5-13(9)15)14-8-16-6-11(14)12(14)7-17-18-2/h3-5,7,11-12,16H,6,8H2,1-2H3. The predicted molar refractivity (Wildman–Crippen MR) is 73.2 cm³/mol. The van der Waals surface area contributed by atoms with E-state index in [2.05, 4.69) is 28.7 Å². The molecule has 96 valence electrons. The molecule has 2 fully saturated rings. The van der Waals surface area contributed by atoms with E-state index >= 15 is 0 Å². The van der Waals surface area contributed by atoms with E-state index in [0.717, 1.165) is 23.7 Å². The van der Waals surface area contributed by atoms with E-state index in [1.54, 1.807) is 7.11 Å². The minimum Gasteiger partial charge on any atom is -0.399 e.